The monoisotopic (exact) mass is 369 g/mol. The van der Waals surface area contributed by atoms with Crippen molar-refractivity contribution in [3.05, 3.63) is 71.4 Å². The van der Waals surface area contributed by atoms with Gasteiger partial charge in [-0.1, -0.05) is 42.5 Å². The molecule has 1 aliphatic rings. The Morgan fingerprint density at radius 3 is 2.50 bits per heavy atom. The van der Waals surface area contributed by atoms with Crippen molar-refractivity contribution in [3.8, 4) is 0 Å². The van der Waals surface area contributed by atoms with Crippen LogP contribution < -0.4 is 11.1 Å². The Kier molecular flexibility index (Phi) is 5.64. The fraction of sp³-hybridized carbons (Fsp3) is 0.286. The van der Waals surface area contributed by atoms with E-state index in [-0.39, 0.29) is 18.3 Å². The van der Waals surface area contributed by atoms with E-state index in [2.05, 4.69) is 40.2 Å². The number of aromatic nitrogens is 1. The van der Waals surface area contributed by atoms with E-state index in [1.165, 1.54) is 10.9 Å². The number of halogens is 1. The molecule has 2 aromatic carbocycles. The molecule has 1 fully saturated rings. The predicted octanol–water partition coefficient (Wildman–Crippen LogP) is 3.68. The molecule has 0 atom stereocenters. The number of rotatable bonds is 4. The van der Waals surface area contributed by atoms with Gasteiger partial charge in [-0.3, -0.25) is 4.79 Å². The van der Waals surface area contributed by atoms with Crippen molar-refractivity contribution in [1.29, 1.82) is 0 Å². The lowest BCUT2D eigenvalue weighted by atomic mass is 9.88. The first kappa shape index (κ1) is 18.5. The second-order valence-corrected chi connectivity index (χ2v) is 6.77. The van der Waals surface area contributed by atoms with Gasteiger partial charge in [-0.15, -0.1) is 12.4 Å². The Labute approximate surface area is 159 Å². The highest BCUT2D eigenvalue weighted by Crippen LogP contribution is 2.33. The lowest BCUT2D eigenvalue weighted by Crippen LogP contribution is -2.26. The van der Waals surface area contributed by atoms with Crippen LogP contribution in [-0.2, 0) is 6.54 Å². The van der Waals surface area contributed by atoms with E-state index < -0.39 is 0 Å². The van der Waals surface area contributed by atoms with Crippen molar-refractivity contribution in [2.45, 2.75) is 25.3 Å². The smallest absolute Gasteiger partial charge is 0.265 e. The lowest BCUT2D eigenvalue weighted by molar-refractivity contribution is 0.0992. The van der Waals surface area contributed by atoms with Gasteiger partial charge >= 0.3 is 0 Å². The molecule has 4 rings (SSSR count). The number of nitrogens with zero attached hydrogens (tertiary/aromatic N) is 1. The fourth-order valence-corrected chi connectivity index (χ4v) is 3.94. The van der Waals surface area contributed by atoms with Crippen molar-refractivity contribution in [2.75, 3.05) is 13.1 Å². The van der Waals surface area contributed by atoms with Gasteiger partial charge in [0.05, 0.1) is 0 Å². The number of hydrogen-bond acceptors (Lipinski definition) is 2. The van der Waals surface area contributed by atoms with Crippen LogP contribution in [0, 0.1) is 0 Å². The zero-order valence-corrected chi connectivity index (χ0v) is 15.5. The van der Waals surface area contributed by atoms with Crippen LogP contribution in [0.2, 0.25) is 0 Å². The van der Waals surface area contributed by atoms with E-state index in [9.17, 15) is 4.79 Å². The van der Waals surface area contributed by atoms with Gasteiger partial charge in [0.1, 0.15) is 5.69 Å². The van der Waals surface area contributed by atoms with Gasteiger partial charge in [0.2, 0.25) is 0 Å². The summed E-state index contributed by atoms with van der Waals surface area (Å²) in [4.78, 5) is 12.1. The number of nitrogens with one attached hydrogen (secondary N) is 1. The van der Waals surface area contributed by atoms with Crippen molar-refractivity contribution in [1.82, 2.24) is 9.88 Å². The molecule has 0 radical (unpaired) electrons. The standard InChI is InChI=1S/C21H23N3O.ClH/c22-21(25)20-13-18-17(16-9-11-23-12-10-16)7-4-8-19(18)24(20)14-15-5-2-1-3-6-15;/h1-8,13,16,23H,9-12,14H2,(H2,22,25);1H. The molecule has 3 aromatic rings. The average Bonchev–Trinajstić information content (AvgIpc) is 3.02. The maximum absolute atomic E-state index is 12.1. The molecule has 2 heterocycles. The molecule has 26 heavy (non-hydrogen) atoms. The molecule has 5 heteroatoms. The van der Waals surface area contributed by atoms with Crippen LogP contribution in [0.4, 0.5) is 0 Å². The summed E-state index contributed by atoms with van der Waals surface area (Å²) in [5.74, 6) is 0.168. The molecule has 1 aliphatic heterocycles. The van der Waals surface area contributed by atoms with Gasteiger partial charge in [0.25, 0.3) is 5.91 Å². The van der Waals surface area contributed by atoms with E-state index in [1.807, 2.05) is 24.3 Å². The minimum atomic E-state index is -0.372. The van der Waals surface area contributed by atoms with Gasteiger partial charge in [0, 0.05) is 17.4 Å². The Balaban J connectivity index is 0.00000196. The fourth-order valence-electron chi connectivity index (χ4n) is 3.94. The number of primary amides is 1. The van der Waals surface area contributed by atoms with Crippen LogP contribution in [0.25, 0.3) is 10.9 Å². The van der Waals surface area contributed by atoms with E-state index in [1.54, 1.807) is 0 Å². The van der Waals surface area contributed by atoms with E-state index >= 15 is 0 Å². The maximum Gasteiger partial charge on any atom is 0.265 e. The molecule has 4 nitrogen and oxygen atoms in total. The first-order chi connectivity index (χ1) is 12.2. The summed E-state index contributed by atoms with van der Waals surface area (Å²) in [7, 11) is 0. The summed E-state index contributed by atoms with van der Waals surface area (Å²) in [6.07, 6.45) is 2.27. The zero-order valence-electron chi connectivity index (χ0n) is 14.7. The van der Waals surface area contributed by atoms with Crippen molar-refractivity contribution in [3.63, 3.8) is 0 Å². The van der Waals surface area contributed by atoms with Gasteiger partial charge in [-0.25, -0.2) is 0 Å². The van der Waals surface area contributed by atoms with Crippen LogP contribution in [0.3, 0.4) is 0 Å². The van der Waals surface area contributed by atoms with Gasteiger partial charge in [-0.2, -0.15) is 0 Å². The number of nitrogens with two attached hydrogens (primary N) is 1. The Hall–Kier alpha value is -2.30. The molecule has 1 aromatic heterocycles. The summed E-state index contributed by atoms with van der Waals surface area (Å²) in [6.45, 7) is 2.75. The van der Waals surface area contributed by atoms with Crippen molar-refractivity contribution >= 4 is 29.2 Å². The number of carbonyl (C=O) groups excluding carboxylic acids is 1. The van der Waals surface area contributed by atoms with Crippen LogP contribution >= 0.6 is 12.4 Å². The third-order valence-electron chi connectivity index (χ3n) is 5.19. The Morgan fingerprint density at radius 2 is 1.81 bits per heavy atom. The minimum Gasteiger partial charge on any atom is -0.364 e. The molecule has 0 spiro atoms. The summed E-state index contributed by atoms with van der Waals surface area (Å²) in [6, 6.07) is 18.6. The molecule has 0 saturated carbocycles. The van der Waals surface area contributed by atoms with Gasteiger partial charge < -0.3 is 15.6 Å². The minimum absolute atomic E-state index is 0. The lowest BCUT2D eigenvalue weighted by Gasteiger charge is -2.23. The van der Waals surface area contributed by atoms with Crippen LogP contribution in [0.15, 0.2) is 54.6 Å². The SMILES string of the molecule is Cl.NC(=O)c1cc2c(C3CCNCC3)cccc2n1Cc1ccccc1. The number of amides is 1. The normalized spacial score (nSPS) is 14.9. The highest BCUT2D eigenvalue weighted by molar-refractivity contribution is 5.99. The van der Waals surface area contributed by atoms with E-state index in [0.717, 1.165) is 37.0 Å². The number of piperidine rings is 1. The first-order valence-electron chi connectivity index (χ1n) is 8.90. The third kappa shape index (κ3) is 3.48. The molecule has 3 N–H and O–H groups in total. The number of benzene rings is 2. The van der Waals surface area contributed by atoms with Gasteiger partial charge in [-0.05, 0) is 55.1 Å². The molecule has 136 valence electrons. The summed E-state index contributed by atoms with van der Waals surface area (Å²) in [5, 5.41) is 4.59. The molecule has 0 unspecified atom stereocenters. The van der Waals surface area contributed by atoms with Crippen molar-refractivity contribution in [2.24, 2.45) is 5.73 Å². The van der Waals surface area contributed by atoms with Gasteiger partial charge in [0.15, 0.2) is 0 Å². The Bertz CT molecular complexity index is 898. The third-order valence-corrected chi connectivity index (χ3v) is 5.19. The number of carbonyl (C=O) groups is 1. The number of fused-ring (bicyclic) bond motifs is 1. The highest BCUT2D eigenvalue weighted by atomic mass is 35.5. The molecular formula is C21H24ClN3O. The summed E-state index contributed by atoms with van der Waals surface area (Å²) in [5.41, 5.74) is 9.87. The molecular weight excluding hydrogens is 346 g/mol. The largest absolute Gasteiger partial charge is 0.364 e. The Morgan fingerprint density at radius 1 is 1.08 bits per heavy atom. The van der Waals surface area contributed by atoms with Crippen molar-refractivity contribution < 1.29 is 4.79 Å². The second kappa shape index (κ2) is 7.94. The average molecular weight is 370 g/mol. The molecule has 1 saturated heterocycles. The highest BCUT2D eigenvalue weighted by Gasteiger charge is 2.21. The second-order valence-electron chi connectivity index (χ2n) is 6.77. The first-order valence-corrected chi connectivity index (χ1v) is 8.90. The predicted molar refractivity (Wildman–Crippen MR) is 108 cm³/mol. The molecule has 0 bridgehead atoms. The topological polar surface area (TPSA) is 60.1 Å². The molecule has 1 amide bonds. The molecule has 0 aliphatic carbocycles. The van der Waals surface area contributed by atoms with Crippen LogP contribution in [0.5, 0.6) is 0 Å². The van der Waals surface area contributed by atoms with E-state index in [4.69, 9.17) is 5.73 Å². The summed E-state index contributed by atoms with van der Waals surface area (Å²) >= 11 is 0. The zero-order chi connectivity index (χ0) is 17.2. The van der Waals surface area contributed by atoms with Crippen LogP contribution in [-0.4, -0.2) is 23.6 Å². The summed E-state index contributed by atoms with van der Waals surface area (Å²) < 4.78 is 2.05. The van der Waals surface area contributed by atoms with E-state index in [0.29, 0.717) is 18.2 Å². The number of hydrogen-bond donors (Lipinski definition) is 2. The van der Waals surface area contributed by atoms with Crippen LogP contribution in [0.1, 0.15) is 40.4 Å². The quantitative estimate of drug-likeness (QED) is 0.737. The maximum atomic E-state index is 12.1.